The minimum atomic E-state index is -0.344. The first kappa shape index (κ1) is 21.2. The van der Waals surface area contributed by atoms with Crippen molar-refractivity contribution in [3.05, 3.63) is 39.6 Å². The lowest BCUT2D eigenvalue weighted by Crippen LogP contribution is -2.20. The van der Waals surface area contributed by atoms with Crippen LogP contribution in [0.15, 0.2) is 17.1 Å². The van der Waals surface area contributed by atoms with Gasteiger partial charge in [-0.25, -0.2) is 0 Å². The molecule has 0 bridgehead atoms. The van der Waals surface area contributed by atoms with Gasteiger partial charge in [-0.2, -0.15) is 0 Å². The number of hydrogen-bond acceptors (Lipinski definition) is 5. The van der Waals surface area contributed by atoms with Gasteiger partial charge in [0, 0.05) is 44.6 Å². The van der Waals surface area contributed by atoms with E-state index in [9.17, 15) is 9.90 Å². The van der Waals surface area contributed by atoms with Gasteiger partial charge in [-0.1, -0.05) is 50.7 Å². The van der Waals surface area contributed by atoms with Gasteiger partial charge in [0.05, 0.1) is 11.4 Å². The van der Waals surface area contributed by atoms with Crippen molar-refractivity contribution in [2.75, 3.05) is 0 Å². The SMILES string of the molecule is CCCCCCCCCn1cc(CNCc2c(O)c(=O)cc(C)n2C)nn1. The van der Waals surface area contributed by atoms with Crippen LogP contribution >= 0.6 is 0 Å². The predicted molar refractivity (Wildman–Crippen MR) is 107 cm³/mol. The van der Waals surface area contributed by atoms with Gasteiger partial charge in [0.25, 0.3) is 0 Å². The van der Waals surface area contributed by atoms with Crippen molar-refractivity contribution in [2.24, 2.45) is 7.05 Å². The normalized spacial score (nSPS) is 11.2. The zero-order chi connectivity index (χ0) is 19.6. The lowest BCUT2D eigenvalue weighted by Gasteiger charge is -2.13. The molecule has 0 amide bonds. The maximum atomic E-state index is 11.7. The van der Waals surface area contributed by atoms with Crippen LogP contribution in [-0.2, 0) is 26.7 Å². The lowest BCUT2D eigenvalue weighted by atomic mass is 10.1. The van der Waals surface area contributed by atoms with Crippen LogP contribution in [0.5, 0.6) is 5.75 Å². The third kappa shape index (κ3) is 6.50. The fourth-order valence-electron chi connectivity index (χ4n) is 3.14. The minimum absolute atomic E-state index is 0.196. The van der Waals surface area contributed by atoms with E-state index < -0.39 is 0 Å². The average Bonchev–Trinajstić information content (AvgIpc) is 3.10. The summed E-state index contributed by atoms with van der Waals surface area (Å²) in [6.07, 6.45) is 10.9. The summed E-state index contributed by atoms with van der Waals surface area (Å²) in [5.74, 6) is -0.196. The minimum Gasteiger partial charge on any atom is -0.503 e. The molecule has 2 aromatic heterocycles. The molecule has 0 fully saturated rings. The van der Waals surface area contributed by atoms with Gasteiger partial charge in [0.15, 0.2) is 5.75 Å². The van der Waals surface area contributed by atoms with Crippen LogP contribution in [0.4, 0.5) is 0 Å². The molecule has 0 aliphatic heterocycles. The van der Waals surface area contributed by atoms with Gasteiger partial charge in [0.1, 0.15) is 0 Å². The zero-order valence-corrected chi connectivity index (χ0v) is 16.9. The molecule has 2 heterocycles. The summed E-state index contributed by atoms with van der Waals surface area (Å²) in [5.41, 5.74) is 1.91. The Balaban J connectivity index is 1.73. The highest BCUT2D eigenvalue weighted by atomic mass is 16.3. The number of rotatable bonds is 12. The number of nitrogens with zero attached hydrogens (tertiary/aromatic N) is 4. The van der Waals surface area contributed by atoms with Gasteiger partial charge in [-0.3, -0.25) is 9.48 Å². The van der Waals surface area contributed by atoms with Crippen LogP contribution in [0.1, 0.15) is 69.0 Å². The Labute approximate surface area is 161 Å². The summed E-state index contributed by atoms with van der Waals surface area (Å²) >= 11 is 0. The molecule has 2 aromatic rings. The van der Waals surface area contributed by atoms with Crippen molar-refractivity contribution < 1.29 is 5.11 Å². The van der Waals surface area contributed by atoms with Crippen molar-refractivity contribution in [1.82, 2.24) is 24.9 Å². The molecule has 7 nitrogen and oxygen atoms in total. The van der Waals surface area contributed by atoms with Crippen LogP contribution in [-0.4, -0.2) is 24.7 Å². The van der Waals surface area contributed by atoms with Crippen LogP contribution in [0.3, 0.4) is 0 Å². The molecule has 27 heavy (non-hydrogen) atoms. The molecule has 150 valence electrons. The molecular weight excluding hydrogens is 342 g/mol. The highest BCUT2D eigenvalue weighted by Gasteiger charge is 2.10. The van der Waals surface area contributed by atoms with E-state index in [1.165, 1.54) is 44.6 Å². The van der Waals surface area contributed by atoms with E-state index in [4.69, 9.17) is 0 Å². The number of aromatic nitrogens is 4. The van der Waals surface area contributed by atoms with Gasteiger partial charge in [-0.15, -0.1) is 5.10 Å². The van der Waals surface area contributed by atoms with Crippen LogP contribution in [0.2, 0.25) is 0 Å². The first-order chi connectivity index (χ1) is 13.0. The van der Waals surface area contributed by atoms with E-state index in [1.54, 1.807) is 0 Å². The number of pyridine rings is 1. The fraction of sp³-hybridized carbons (Fsp3) is 0.650. The maximum Gasteiger partial charge on any atom is 0.223 e. The van der Waals surface area contributed by atoms with E-state index >= 15 is 0 Å². The van der Waals surface area contributed by atoms with E-state index in [0.29, 0.717) is 18.8 Å². The molecule has 7 heteroatoms. The summed E-state index contributed by atoms with van der Waals surface area (Å²) in [7, 11) is 1.84. The average molecular weight is 376 g/mol. The van der Waals surface area contributed by atoms with E-state index in [-0.39, 0.29) is 11.2 Å². The highest BCUT2D eigenvalue weighted by Crippen LogP contribution is 2.12. The van der Waals surface area contributed by atoms with Crippen LogP contribution < -0.4 is 10.7 Å². The molecule has 0 aliphatic carbocycles. The summed E-state index contributed by atoms with van der Waals surface area (Å²) in [6, 6.07) is 1.44. The molecule has 0 spiro atoms. The summed E-state index contributed by atoms with van der Waals surface area (Å²) in [4.78, 5) is 11.7. The summed E-state index contributed by atoms with van der Waals surface area (Å²) in [5, 5.41) is 21.6. The second-order valence-electron chi connectivity index (χ2n) is 7.20. The Bertz CT molecular complexity index is 766. The predicted octanol–water partition coefficient (Wildman–Crippen LogP) is 3.03. The molecule has 2 N–H and O–H groups in total. The molecular formula is C20H33N5O2. The largest absolute Gasteiger partial charge is 0.503 e. The molecule has 0 saturated carbocycles. The molecule has 0 aromatic carbocycles. The van der Waals surface area contributed by atoms with Crippen molar-refractivity contribution >= 4 is 0 Å². The Morgan fingerprint density at radius 1 is 1.11 bits per heavy atom. The number of nitrogens with one attached hydrogen (secondary N) is 1. The van der Waals surface area contributed by atoms with E-state index in [0.717, 1.165) is 24.4 Å². The fourth-order valence-corrected chi connectivity index (χ4v) is 3.14. The quantitative estimate of drug-likeness (QED) is 0.557. The topological polar surface area (TPSA) is 85.0 Å². The smallest absolute Gasteiger partial charge is 0.223 e. The second-order valence-corrected chi connectivity index (χ2v) is 7.20. The van der Waals surface area contributed by atoms with Crippen molar-refractivity contribution in [3.8, 4) is 5.75 Å². The van der Waals surface area contributed by atoms with Gasteiger partial charge < -0.3 is 15.0 Å². The molecule has 0 radical (unpaired) electrons. The summed E-state index contributed by atoms with van der Waals surface area (Å²) in [6.45, 7) is 5.91. The van der Waals surface area contributed by atoms with E-state index in [1.807, 2.05) is 29.4 Å². The molecule has 0 saturated heterocycles. The first-order valence-electron chi connectivity index (χ1n) is 10.0. The highest BCUT2D eigenvalue weighted by molar-refractivity contribution is 5.29. The van der Waals surface area contributed by atoms with Crippen molar-refractivity contribution in [1.29, 1.82) is 0 Å². The Morgan fingerprint density at radius 3 is 2.56 bits per heavy atom. The zero-order valence-electron chi connectivity index (χ0n) is 16.9. The first-order valence-corrected chi connectivity index (χ1v) is 10.0. The Morgan fingerprint density at radius 2 is 1.81 bits per heavy atom. The third-order valence-electron chi connectivity index (χ3n) is 4.96. The number of hydrogen-bond donors (Lipinski definition) is 2. The molecule has 0 aliphatic rings. The van der Waals surface area contributed by atoms with Gasteiger partial charge in [-0.05, 0) is 13.3 Å². The van der Waals surface area contributed by atoms with Crippen molar-refractivity contribution in [3.63, 3.8) is 0 Å². The van der Waals surface area contributed by atoms with Gasteiger partial charge in [0.2, 0.25) is 5.43 Å². The number of aryl methyl sites for hydroxylation is 2. The number of aromatic hydroxyl groups is 1. The van der Waals surface area contributed by atoms with E-state index in [2.05, 4.69) is 22.6 Å². The van der Waals surface area contributed by atoms with Crippen LogP contribution in [0, 0.1) is 6.92 Å². The van der Waals surface area contributed by atoms with Gasteiger partial charge >= 0.3 is 0 Å². The third-order valence-corrected chi connectivity index (χ3v) is 4.96. The Hall–Kier alpha value is -2.15. The number of unbranched alkanes of at least 4 members (excludes halogenated alkanes) is 6. The lowest BCUT2D eigenvalue weighted by molar-refractivity contribution is 0.445. The van der Waals surface area contributed by atoms with Crippen LogP contribution in [0.25, 0.3) is 0 Å². The van der Waals surface area contributed by atoms with Crippen molar-refractivity contribution in [2.45, 2.75) is 78.4 Å². The monoisotopic (exact) mass is 375 g/mol. The molecule has 0 unspecified atom stereocenters. The second kappa shape index (κ2) is 10.9. The standard InChI is InChI=1S/C20H33N5O2/c1-4-5-6-7-8-9-10-11-25-15-17(22-23-25)13-21-14-18-20(27)19(26)12-16(2)24(18)3/h12,15,21,27H,4-11,13-14H2,1-3H3. The Kier molecular flexibility index (Phi) is 8.51. The summed E-state index contributed by atoms with van der Waals surface area (Å²) < 4.78 is 3.71. The molecule has 2 rings (SSSR count). The molecule has 0 atom stereocenters. The maximum absolute atomic E-state index is 11.7.